The van der Waals surface area contributed by atoms with Gasteiger partial charge in [0.2, 0.25) is 47.3 Å². The van der Waals surface area contributed by atoms with Gasteiger partial charge < -0.3 is 64.6 Å². The van der Waals surface area contributed by atoms with Crippen molar-refractivity contribution >= 4 is 79.6 Å². The lowest BCUT2D eigenvalue weighted by molar-refractivity contribution is -0.136. The van der Waals surface area contributed by atoms with Gasteiger partial charge in [0.1, 0.15) is 53.9 Å². The molecule has 8 amide bonds. The molecule has 0 radical (unpaired) electrons. The Bertz CT molecular complexity index is 2630. The topological polar surface area (TPSA) is 339 Å². The van der Waals surface area contributed by atoms with Crippen LogP contribution in [-0.2, 0) is 57.6 Å². The van der Waals surface area contributed by atoms with Crippen LogP contribution in [0.1, 0.15) is 56.7 Å². The predicted molar refractivity (Wildman–Crippen MR) is 285 cm³/mol. The maximum atomic E-state index is 14.7. The predicted octanol–water partition coefficient (Wildman–Crippen LogP) is 0.479. The van der Waals surface area contributed by atoms with Crippen LogP contribution in [0, 0.1) is 11.7 Å². The van der Waals surface area contributed by atoms with Gasteiger partial charge in [0.05, 0.1) is 12.1 Å². The van der Waals surface area contributed by atoms with Crippen molar-refractivity contribution in [2.45, 2.75) is 114 Å². The van der Waals surface area contributed by atoms with Gasteiger partial charge in [-0.1, -0.05) is 102 Å². The summed E-state index contributed by atoms with van der Waals surface area (Å²) in [7, 11) is 1.98. The number of aliphatic hydroxyl groups is 1. The van der Waals surface area contributed by atoms with Gasteiger partial charge in [0.15, 0.2) is 0 Å². The van der Waals surface area contributed by atoms with Gasteiger partial charge in [-0.3, -0.25) is 38.4 Å². The first-order chi connectivity index (χ1) is 35.7. The van der Waals surface area contributed by atoms with E-state index >= 15 is 0 Å². The number of hydrogen-bond donors (Lipinski definition) is 12. The summed E-state index contributed by atoms with van der Waals surface area (Å²) in [4.78, 5) is 112. The first-order valence-corrected chi connectivity index (χ1v) is 27.0. The molecule has 1 aliphatic rings. The smallest absolute Gasteiger partial charge is 0.244 e. The number of nitrogens with one attached hydrogen (secondary N) is 7. The summed E-state index contributed by atoms with van der Waals surface area (Å²) in [5.41, 5.74) is 19.4. The number of hydrogen-bond acceptors (Lipinski definition) is 14. The Hall–Kier alpha value is -6.79. The first-order valence-electron chi connectivity index (χ1n) is 24.5. The van der Waals surface area contributed by atoms with E-state index in [0.717, 1.165) is 37.9 Å². The van der Waals surface area contributed by atoms with Crippen molar-refractivity contribution in [3.05, 3.63) is 114 Å². The number of amides is 8. The van der Waals surface area contributed by atoms with Crippen LogP contribution in [0.25, 0.3) is 10.8 Å². The van der Waals surface area contributed by atoms with E-state index < -0.39 is 113 Å². The highest BCUT2D eigenvalue weighted by Gasteiger charge is 2.36. The van der Waals surface area contributed by atoms with E-state index in [4.69, 9.17) is 17.2 Å². The molecule has 0 saturated carbocycles. The number of rotatable bonds is 17. The molecule has 1 heterocycles. The Balaban J connectivity index is 1.56. The lowest BCUT2D eigenvalue weighted by Gasteiger charge is -2.29. The zero-order chi connectivity index (χ0) is 54.8. The monoisotopic (exact) mass is 1070 g/mol. The third kappa shape index (κ3) is 18.2. The maximum absolute atomic E-state index is 14.7. The van der Waals surface area contributed by atoms with Crippen LogP contribution in [0.2, 0.25) is 0 Å². The van der Waals surface area contributed by atoms with E-state index in [9.17, 15) is 53.0 Å². The van der Waals surface area contributed by atoms with Gasteiger partial charge in [-0.15, -0.1) is 0 Å². The van der Waals surface area contributed by atoms with Crippen molar-refractivity contribution in [1.82, 2.24) is 37.2 Å². The van der Waals surface area contributed by atoms with E-state index in [0.29, 0.717) is 24.0 Å². The lowest BCUT2D eigenvalue weighted by Crippen LogP contribution is -2.62. The summed E-state index contributed by atoms with van der Waals surface area (Å²) in [5.74, 6) is -8.61. The van der Waals surface area contributed by atoms with Gasteiger partial charge in [-0.25, -0.2) is 4.39 Å². The molecular formula is C52H67FN10O10S2. The third-order valence-electron chi connectivity index (χ3n) is 12.3. The fourth-order valence-corrected chi connectivity index (χ4v) is 10.4. The molecule has 4 aromatic rings. The fourth-order valence-electron chi connectivity index (χ4n) is 8.04. The van der Waals surface area contributed by atoms with Crippen LogP contribution in [0.3, 0.4) is 0 Å². The number of fused-ring (bicyclic) bond motifs is 1. The number of primary amides is 1. The van der Waals surface area contributed by atoms with Crippen LogP contribution in [0.15, 0.2) is 91.0 Å². The Kier molecular flexibility index (Phi) is 22.7. The number of phenolic OH excluding ortho intramolecular Hbond substituents is 1. The molecule has 5 rings (SSSR count). The van der Waals surface area contributed by atoms with E-state index in [1.807, 2.05) is 42.5 Å². The number of nitrogens with two attached hydrogens (primary N) is 3. The lowest BCUT2D eigenvalue weighted by atomic mass is 10.00. The minimum Gasteiger partial charge on any atom is -0.508 e. The van der Waals surface area contributed by atoms with Crippen LogP contribution in [0.5, 0.6) is 5.75 Å². The minimum atomic E-state index is -1.56. The summed E-state index contributed by atoms with van der Waals surface area (Å²) < 4.78 is 14.1. The second-order valence-electron chi connectivity index (χ2n) is 18.7. The quantitative estimate of drug-likeness (QED) is 0.0506. The van der Waals surface area contributed by atoms with Crippen LogP contribution < -0.4 is 54.4 Å². The van der Waals surface area contributed by atoms with Crippen molar-refractivity contribution in [1.29, 1.82) is 0 Å². The third-order valence-corrected chi connectivity index (χ3v) is 14.8. The molecule has 4 aromatic carbocycles. The standard InChI is InChI=1S/C52H67FN10O10S2/c1-28(2)43-52(73)61-42(51(72)63-44(29(3)64)45(56)66)27-75-74-26-41(60-46(67)37(55)23-32-11-16-33-8-4-5-9-34(33)22-32)50(71)59-40(25-31-14-19-36(65)20-15-31)49(70)58-39(24-30-12-17-35(53)18-13-30)48(69)57-38(47(68)62-43)10-6-7-21-54/h4-5,8-9,11-20,22,28-29,37-44,64-65H,6-7,10,21,23-27,54-55H2,1-3H3,(H2,56,66)(H,57,69)(H,58,70)(H,59,71)(H,60,67)(H,61,73)(H,62,68)(H,63,72)/t29?,37-,38+,39-,40+,41+,42+,43+,44+/m1/s1. The van der Waals surface area contributed by atoms with E-state index in [2.05, 4.69) is 37.2 Å². The first kappa shape index (κ1) is 59.1. The van der Waals surface area contributed by atoms with Crippen molar-refractivity contribution in [2.24, 2.45) is 23.1 Å². The molecule has 15 N–H and O–H groups in total. The molecule has 0 bridgehead atoms. The molecule has 0 aromatic heterocycles. The Morgan fingerprint density at radius 3 is 1.87 bits per heavy atom. The number of carbonyl (C=O) groups excluding carboxylic acids is 8. The Labute approximate surface area is 442 Å². The zero-order valence-corrected chi connectivity index (χ0v) is 43.5. The van der Waals surface area contributed by atoms with Crippen LogP contribution >= 0.6 is 21.6 Å². The van der Waals surface area contributed by atoms with Crippen molar-refractivity contribution in [3.8, 4) is 5.75 Å². The van der Waals surface area contributed by atoms with Crippen molar-refractivity contribution in [3.63, 3.8) is 0 Å². The second-order valence-corrected chi connectivity index (χ2v) is 21.3. The number of phenols is 1. The molecule has 1 aliphatic heterocycles. The number of benzene rings is 4. The highest BCUT2D eigenvalue weighted by Crippen LogP contribution is 2.25. The Morgan fingerprint density at radius 1 is 0.707 bits per heavy atom. The zero-order valence-electron chi connectivity index (χ0n) is 41.9. The van der Waals surface area contributed by atoms with Gasteiger partial charge in [0, 0.05) is 24.3 Å². The average Bonchev–Trinajstić information content (AvgIpc) is 3.37. The van der Waals surface area contributed by atoms with E-state index in [-0.39, 0.29) is 49.5 Å². The van der Waals surface area contributed by atoms with Crippen LogP contribution in [0.4, 0.5) is 4.39 Å². The highest BCUT2D eigenvalue weighted by molar-refractivity contribution is 8.76. The molecule has 23 heteroatoms. The summed E-state index contributed by atoms with van der Waals surface area (Å²) in [6.45, 7) is 4.76. The Morgan fingerprint density at radius 2 is 1.27 bits per heavy atom. The summed E-state index contributed by atoms with van der Waals surface area (Å²) >= 11 is 0. The van der Waals surface area contributed by atoms with Gasteiger partial charge in [0.25, 0.3) is 0 Å². The number of halogens is 1. The normalized spacial score (nSPS) is 21.8. The molecule has 75 heavy (non-hydrogen) atoms. The fraction of sp³-hybridized carbons (Fsp3) is 0.423. The highest BCUT2D eigenvalue weighted by atomic mass is 33.1. The number of unbranched alkanes of at least 4 members (excludes halogenated alkanes) is 1. The van der Waals surface area contributed by atoms with E-state index in [1.54, 1.807) is 13.8 Å². The molecule has 9 atom stereocenters. The second kappa shape index (κ2) is 28.8. The van der Waals surface area contributed by atoms with Crippen molar-refractivity contribution < 1.29 is 53.0 Å². The molecule has 20 nitrogen and oxygen atoms in total. The molecular weight excluding hydrogens is 1010 g/mol. The molecule has 0 spiro atoms. The molecule has 1 unspecified atom stereocenters. The van der Waals surface area contributed by atoms with Crippen LogP contribution in [-0.4, -0.2) is 130 Å². The molecule has 404 valence electrons. The number of aliphatic hydroxyl groups excluding tert-OH is 1. The molecule has 1 fully saturated rings. The molecule has 0 aliphatic carbocycles. The summed E-state index contributed by atoms with van der Waals surface area (Å²) in [6, 6.07) is 13.1. The van der Waals surface area contributed by atoms with E-state index in [1.165, 1.54) is 55.5 Å². The minimum absolute atomic E-state index is 0.0315. The molecule has 1 saturated heterocycles. The number of aromatic hydroxyl groups is 1. The summed E-state index contributed by atoms with van der Waals surface area (Å²) in [5, 5.41) is 40.8. The summed E-state index contributed by atoms with van der Waals surface area (Å²) in [6.07, 6.45) is -0.940. The average molecular weight is 1080 g/mol. The SMILES string of the molecule is CC(C)[C@@H]1NC(=O)[C@H](CCCCN)NC(=O)[C@@H](Cc2ccc(F)cc2)NC(=O)[C@H](Cc2ccc(O)cc2)NC(=O)[C@@H](NC(=O)[C@H](N)Cc2ccc3ccccc3c2)CSSC[C@@H](C(=O)N[C@H](C(N)=O)C(C)O)NC1=O. The van der Waals surface area contributed by atoms with Gasteiger partial charge in [-0.2, -0.15) is 0 Å². The van der Waals surface area contributed by atoms with Crippen molar-refractivity contribution in [2.75, 3.05) is 18.1 Å². The maximum Gasteiger partial charge on any atom is 0.244 e. The van der Waals surface area contributed by atoms with Gasteiger partial charge >= 0.3 is 0 Å². The largest absolute Gasteiger partial charge is 0.508 e. The number of carbonyl (C=O) groups is 8. The van der Waals surface area contributed by atoms with Gasteiger partial charge in [-0.05, 0) is 96.8 Å².